The zero-order chi connectivity index (χ0) is 13.9. The summed E-state index contributed by atoms with van der Waals surface area (Å²) in [6.07, 6.45) is 0.546. The Hall–Kier alpha value is -1.48. The van der Waals surface area contributed by atoms with Gasteiger partial charge in [0.05, 0.1) is 6.42 Å². The summed E-state index contributed by atoms with van der Waals surface area (Å²) in [6, 6.07) is 0. The van der Waals surface area contributed by atoms with Gasteiger partial charge in [-0.25, -0.2) is 4.79 Å². The predicted molar refractivity (Wildman–Crippen MR) is 57.4 cm³/mol. The maximum atomic E-state index is 11.5. The fourth-order valence-corrected chi connectivity index (χ4v) is 2.08. The van der Waals surface area contributed by atoms with E-state index in [0.717, 1.165) is 6.42 Å². The van der Waals surface area contributed by atoms with Gasteiger partial charge >= 0.3 is 5.97 Å². The number of amides is 2. The molecule has 1 aliphatic heterocycles. The first-order valence-corrected chi connectivity index (χ1v) is 6.81. The molecule has 1 atom stereocenters. The number of hydrogen-bond acceptors (Lipinski definition) is 6. The number of hydroxylamine groups is 2. The second kappa shape index (κ2) is 5.44. The average molecular weight is 279 g/mol. The molecule has 0 aromatic carbocycles. The molecule has 102 valence electrons. The number of rotatable bonds is 5. The lowest BCUT2D eigenvalue weighted by Crippen LogP contribution is -2.36. The number of carbonyl (C=O) groups is 3. The molecule has 2 amide bonds. The van der Waals surface area contributed by atoms with E-state index in [0.29, 0.717) is 6.42 Å². The van der Waals surface area contributed by atoms with Crippen LogP contribution in [0.2, 0.25) is 0 Å². The highest BCUT2D eigenvalue weighted by Crippen LogP contribution is 2.20. The minimum absolute atomic E-state index is 0.0180. The van der Waals surface area contributed by atoms with Gasteiger partial charge in [-0.3, -0.25) is 14.1 Å². The fourth-order valence-electron chi connectivity index (χ4n) is 1.38. The minimum atomic E-state index is -4.67. The van der Waals surface area contributed by atoms with Crippen molar-refractivity contribution >= 4 is 27.9 Å². The summed E-state index contributed by atoms with van der Waals surface area (Å²) in [5.74, 6) is -3.01. The van der Waals surface area contributed by atoms with Crippen LogP contribution in [0.25, 0.3) is 0 Å². The molecule has 0 radical (unpaired) electrons. The van der Waals surface area contributed by atoms with Gasteiger partial charge in [0.1, 0.15) is 0 Å². The van der Waals surface area contributed by atoms with Crippen LogP contribution in [0.4, 0.5) is 0 Å². The van der Waals surface area contributed by atoms with E-state index >= 15 is 0 Å². The summed E-state index contributed by atoms with van der Waals surface area (Å²) in [4.78, 5) is 38.5. The maximum Gasteiger partial charge on any atom is 0.333 e. The van der Waals surface area contributed by atoms with Crippen molar-refractivity contribution in [2.24, 2.45) is 0 Å². The van der Waals surface area contributed by atoms with Crippen molar-refractivity contribution in [2.45, 2.75) is 37.9 Å². The summed E-state index contributed by atoms with van der Waals surface area (Å²) in [5.41, 5.74) is 0. The molecule has 1 rings (SSSR count). The van der Waals surface area contributed by atoms with Gasteiger partial charge in [0.25, 0.3) is 21.9 Å². The molecule has 1 saturated heterocycles. The lowest BCUT2D eigenvalue weighted by Gasteiger charge is -2.12. The molecular weight excluding hydrogens is 266 g/mol. The Morgan fingerprint density at radius 3 is 2.56 bits per heavy atom. The molecule has 1 fully saturated rings. The molecular formula is C9H13NO7S. The van der Waals surface area contributed by atoms with Crippen LogP contribution >= 0.6 is 0 Å². The van der Waals surface area contributed by atoms with Gasteiger partial charge in [0.15, 0.2) is 5.25 Å². The van der Waals surface area contributed by atoms with Gasteiger partial charge in [-0.2, -0.15) is 8.42 Å². The Morgan fingerprint density at radius 1 is 1.50 bits per heavy atom. The van der Waals surface area contributed by atoms with E-state index in [9.17, 15) is 22.8 Å². The van der Waals surface area contributed by atoms with E-state index in [4.69, 9.17) is 4.55 Å². The number of imide groups is 1. The molecule has 18 heavy (non-hydrogen) atoms. The molecule has 0 aliphatic carbocycles. The number of carbonyl (C=O) groups excluding carboxylic acids is 3. The zero-order valence-electron chi connectivity index (χ0n) is 9.66. The van der Waals surface area contributed by atoms with E-state index in [1.807, 2.05) is 6.92 Å². The van der Waals surface area contributed by atoms with Gasteiger partial charge in [0.2, 0.25) is 0 Å². The highest BCUT2D eigenvalue weighted by molar-refractivity contribution is 7.87. The summed E-state index contributed by atoms with van der Waals surface area (Å²) < 4.78 is 30.3. The zero-order valence-corrected chi connectivity index (χ0v) is 10.5. The molecule has 1 aliphatic rings. The van der Waals surface area contributed by atoms with Crippen LogP contribution in [0.5, 0.6) is 0 Å². The molecule has 0 spiro atoms. The molecule has 1 heterocycles. The van der Waals surface area contributed by atoms with Crippen molar-refractivity contribution in [1.29, 1.82) is 0 Å². The predicted octanol–water partition coefficient (Wildman–Crippen LogP) is -0.350. The van der Waals surface area contributed by atoms with Crippen molar-refractivity contribution in [3.63, 3.8) is 0 Å². The molecule has 0 bridgehead atoms. The fraction of sp³-hybridized carbons (Fsp3) is 0.667. The monoisotopic (exact) mass is 279 g/mol. The van der Waals surface area contributed by atoms with Crippen molar-refractivity contribution in [2.75, 3.05) is 0 Å². The number of unbranched alkanes of at least 4 members (excludes halogenated alkanes) is 1. The SMILES string of the molecule is CCCCC(=O)ON1C(=O)CC(S(=O)(=O)O)C1=O. The number of hydrogen-bond donors (Lipinski definition) is 1. The minimum Gasteiger partial charge on any atom is -0.330 e. The van der Waals surface area contributed by atoms with Crippen LogP contribution in [0.1, 0.15) is 32.6 Å². The first-order valence-electron chi connectivity index (χ1n) is 5.31. The van der Waals surface area contributed by atoms with Crippen LogP contribution in [0.3, 0.4) is 0 Å². The van der Waals surface area contributed by atoms with E-state index in [1.165, 1.54) is 0 Å². The van der Waals surface area contributed by atoms with Crippen LogP contribution in [-0.2, 0) is 29.3 Å². The van der Waals surface area contributed by atoms with Crippen molar-refractivity contribution in [3.05, 3.63) is 0 Å². The van der Waals surface area contributed by atoms with E-state index < -0.39 is 39.6 Å². The van der Waals surface area contributed by atoms with Gasteiger partial charge < -0.3 is 4.84 Å². The van der Waals surface area contributed by atoms with Gasteiger partial charge in [-0.05, 0) is 6.42 Å². The quantitative estimate of drug-likeness (QED) is 0.539. The first-order chi connectivity index (χ1) is 8.27. The second-order valence-corrected chi connectivity index (χ2v) is 5.40. The van der Waals surface area contributed by atoms with Crippen molar-refractivity contribution < 1.29 is 32.2 Å². The average Bonchev–Trinajstić information content (AvgIpc) is 2.53. The van der Waals surface area contributed by atoms with E-state index in [1.54, 1.807) is 0 Å². The van der Waals surface area contributed by atoms with Crippen LogP contribution < -0.4 is 0 Å². The van der Waals surface area contributed by atoms with Gasteiger partial charge in [0, 0.05) is 6.42 Å². The molecule has 8 nitrogen and oxygen atoms in total. The Morgan fingerprint density at radius 2 is 2.11 bits per heavy atom. The Balaban J connectivity index is 2.71. The van der Waals surface area contributed by atoms with E-state index in [-0.39, 0.29) is 11.5 Å². The van der Waals surface area contributed by atoms with E-state index in [2.05, 4.69) is 4.84 Å². The molecule has 0 saturated carbocycles. The lowest BCUT2D eigenvalue weighted by molar-refractivity contribution is -0.197. The smallest absolute Gasteiger partial charge is 0.330 e. The van der Waals surface area contributed by atoms with Crippen LogP contribution in [-0.4, -0.2) is 41.1 Å². The van der Waals surface area contributed by atoms with Crippen LogP contribution in [0.15, 0.2) is 0 Å². The second-order valence-electron chi connectivity index (χ2n) is 3.80. The summed E-state index contributed by atoms with van der Waals surface area (Å²) in [7, 11) is -4.67. The maximum absolute atomic E-state index is 11.5. The van der Waals surface area contributed by atoms with Gasteiger partial charge in [-0.15, -0.1) is 5.06 Å². The molecule has 0 aromatic heterocycles. The van der Waals surface area contributed by atoms with Crippen molar-refractivity contribution in [1.82, 2.24) is 5.06 Å². The lowest BCUT2D eigenvalue weighted by atomic mass is 10.3. The Labute approximate surface area is 104 Å². The van der Waals surface area contributed by atoms with Crippen molar-refractivity contribution in [3.8, 4) is 0 Å². The molecule has 9 heteroatoms. The Bertz CT molecular complexity index is 469. The normalized spacial score (nSPS) is 20.3. The van der Waals surface area contributed by atoms with Crippen LogP contribution in [0, 0.1) is 0 Å². The van der Waals surface area contributed by atoms with Gasteiger partial charge in [-0.1, -0.05) is 13.3 Å². The first kappa shape index (κ1) is 14.6. The third-order valence-corrected chi connectivity index (χ3v) is 3.44. The number of nitrogens with zero attached hydrogens (tertiary/aromatic N) is 1. The highest BCUT2D eigenvalue weighted by atomic mass is 32.2. The third kappa shape index (κ3) is 3.26. The standard InChI is InChI=1S/C9H13NO7S/c1-2-3-4-8(12)17-10-7(11)5-6(9(10)13)18(14,15)16/h6H,2-5H2,1H3,(H,14,15,16). The summed E-state index contributed by atoms with van der Waals surface area (Å²) >= 11 is 0. The Kier molecular flexibility index (Phi) is 4.41. The topological polar surface area (TPSA) is 118 Å². The summed E-state index contributed by atoms with van der Waals surface area (Å²) in [5, 5.41) is -1.78. The molecule has 1 unspecified atom stereocenters. The highest BCUT2D eigenvalue weighted by Gasteiger charge is 2.48. The third-order valence-electron chi connectivity index (χ3n) is 2.35. The largest absolute Gasteiger partial charge is 0.333 e. The summed E-state index contributed by atoms with van der Waals surface area (Å²) in [6.45, 7) is 1.84. The molecule has 1 N–H and O–H groups in total. The molecule has 0 aromatic rings.